The highest BCUT2D eigenvalue weighted by molar-refractivity contribution is 6.27. The topological polar surface area (TPSA) is 0 Å². The van der Waals surface area contributed by atoms with Crippen molar-refractivity contribution in [3.63, 3.8) is 0 Å². The molecule has 0 aromatic heterocycles. The van der Waals surface area contributed by atoms with Crippen molar-refractivity contribution in [1.29, 1.82) is 0 Å². The van der Waals surface area contributed by atoms with Crippen LogP contribution in [0.25, 0.3) is 98.0 Å². The zero-order valence-electron chi connectivity index (χ0n) is 29.8. The Morgan fingerprint density at radius 3 is 1.46 bits per heavy atom. The lowest BCUT2D eigenvalue weighted by atomic mass is 9.83. The molecule has 10 rings (SSSR count). The third-order valence-corrected chi connectivity index (χ3v) is 9.69. The molecule has 10 aromatic carbocycles. The second-order valence-electron chi connectivity index (χ2n) is 12.0. The molecule has 212 valence electrons. The van der Waals surface area contributed by atoms with E-state index >= 15 is 0 Å². The number of benzene rings is 10. The van der Waals surface area contributed by atoms with Crippen LogP contribution in [0.15, 0.2) is 170 Å². The molecule has 0 saturated heterocycles. The Hall–Kier alpha value is -5.98. The quantitative estimate of drug-likeness (QED) is 0.143. The first-order valence-electron chi connectivity index (χ1n) is 18.1. The van der Waals surface area contributed by atoms with Crippen LogP contribution in [0.2, 0.25) is 0 Å². The molecule has 0 nitrogen and oxygen atoms in total. The summed E-state index contributed by atoms with van der Waals surface area (Å²) in [5.41, 5.74) is 5.35. The lowest BCUT2D eigenvalue weighted by molar-refractivity contribution is 1.66. The zero-order valence-corrected chi connectivity index (χ0v) is 24.8. The van der Waals surface area contributed by atoms with E-state index in [2.05, 4.69) is 103 Å². The van der Waals surface area contributed by atoms with E-state index in [-0.39, 0.29) is 29.7 Å². The number of rotatable bonds is 3. The van der Waals surface area contributed by atoms with Crippen LogP contribution in [0.4, 0.5) is 0 Å². The van der Waals surface area contributed by atoms with Crippen LogP contribution in [0, 0.1) is 0 Å². The molecule has 46 heavy (non-hydrogen) atoms. The smallest absolute Gasteiger partial charge is 0.0622 e. The molecule has 0 atom stereocenters. The van der Waals surface area contributed by atoms with Crippen LogP contribution in [0.1, 0.15) is 6.85 Å². The Morgan fingerprint density at radius 1 is 0.304 bits per heavy atom. The van der Waals surface area contributed by atoms with Crippen LogP contribution < -0.4 is 0 Å². The SMILES string of the molecule is [2H]c1c([2H])c([2H])c(-c2c3ccccc3c(-c3cccc4c(-c5ccc6ccc7cccc8ccc5c6c78)cccc34)c3ccccc23)c([2H])c1[2H]. The zero-order chi connectivity index (χ0) is 34.5. The van der Waals surface area contributed by atoms with E-state index < -0.39 is 6.04 Å². The average molecular weight is 586 g/mol. The van der Waals surface area contributed by atoms with Crippen LogP contribution in [-0.4, -0.2) is 0 Å². The molecular formula is C46H28. The van der Waals surface area contributed by atoms with Gasteiger partial charge in [0.05, 0.1) is 6.85 Å². The molecular weight excluding hydrogens is 553 g/mol. The van der Waals surface area contributed by atoms with Gasteiger partial charge in [0.2, 0.25) is 0 Å². The molecule has 0 fully saturated rings. The monoisotopic (exact) mass is 585 g/mol. The summed E-state index contributed by atoms with van der Waals surface area (Å²) in [5, 5.41) is 13.4. The summed E-state index contributed by atoms with van der Waals surface area (Å²) < 4.78 is 43.0. The van der Waals surface area contributed by atoms with Crippen molar-refractivity contribution in [2.45, 2.75) is 0 Å². The molecule has 0 heterocycles. The Balaban J connectivity index is 1.29. The lowest BCUT2D eigenvalue weighted by Gasteiger charge is -2.20. The fourth-order valence-corrected chi connectivity index (χ4v) is 7.80. The first-order chi connectivity index (χ1) is 24.9. The van der Waals surface area contributed by atoms with Crippen molar-refractivity contribution < 1.29 is 6.85 Å². The van der Waals surface area contributed by atoms with Crippen molar-refractivity contribution >= 4 is 64.6 Å². The van der Waals surface area contributed by atoms with Crippen LogP contribution in [0.5, 0.6) is 0 Å². The summed E-state index contributed by atoms with van der Waals surface area (Å²) in [5.74, 6) is 0. The minimum absolute atomic E-state index is 0.202. The summed E-state index contributed by atoms with van der Waals surface area (Å²) in [6.07, 6.45) is 0. The van der Waals surface area contributed by atoms with Gasteiger partial charge in [-0.3, -0.25) is 0 Å². The fourth-order valence-electron chi connectivity index (χ4n) is 7.80. The Bertz CT molecular complexity index is 2990. The standard InChI is InChI=1S/C46H28/c1-2-11-29(12-3-1)44-38-15-4-6-17-40(38)46(41-18-7-5-16-39(41)44)37-22-10-20-33-34(19-9-21-35(33)37)36-27-25-32-24-23-30-13-8-14-31-26-28-42(36)45(32)43(30)31/h1-28H/i1D,2D,3D,11D,12D. The molecule has 0 bridgehead atoms. The highest BCUT2D eigenvalue weighted by Gasteiger charge is 2.19. The number of fused-ring (bicyclic) bond motifs is 3. The van der Waals surface area contributed by atoms with Gasteiger partial charge in [-0.15, -0.1) is 0 Å². The van der Waals surface area contributed by atoms with Gasteiger partial charge in [0.1, 0.15) is 0 Å². The number of hydrogen-bond acceptors (Lipinski definition) is 0. The molecule has 0 unspecified atom stereocenters. The molecule has 0 N–H and O–H groups in total. The van der Waals surface area contributed by atoms with Crippen molar-refractivity contribution in [3.05, 3.63) is 170 Å². The van der Waals surface area contributed by atoms with Crippen LogP contribution >= 0.6 is 0 Å². The molecule has 0 heteroatoms. The van der Waals surface area contributed by atoms with Crippen molar-refractivity contribution in [2.24, 2.45) is 0 Å². The summed E-state index contributed by atoms with van der Waals surface area (Å²) in [6.45, 7) is 0. The summed E-state index contributed by atoms with van der Waals surface area (Å²) in [7, 11) is 0. The molecule has 0 aliphatic heterocycles. The minimum Gasteiger partial charge on any atom is -0.0622 e. The predicted molar refractivity (Wildman–Crippen MR) is 199 cm³/mol. The van der Waals surface area contributed by atoms with E-state index in [9.17, 15) is 0 Å². The third-order valence-electron chi connectivity index (χ3n) is 9.69. The second kappa shape index (κ2) is 9.76. The first-order valence-corrected chi connectivity index (χ1v) is 15.6. The highest BCUT2D eigenvalue weighted by Crippen LogP contribution is 2.47. The van der Waals surface area contributed by atoms with Gasteiger partial charge in [-0.2, -0.15) is 0 Å². The highest BCUT2D eigenvalue weighted by atomic mass is 14.2. The third kappa shape index (κ3) is 3.56. The minimum atomic E-state index is -0.393. The summed E-state index contributed by atoms with van der Waals surface area (Å²) >= 11 is 0. The van der Waals surface area contributed by atoms with Crippen LogP contribution in [0.3, 0.4) is 0 Å². The van der Waals surface area contributed by atoms with Crippen molar-refractivity contribution in [3.8, 4) is 33.4 Å². The van der Waals surface area contributed by atoms with Gasteiger partial charge in [0, 0.05) is 0 Å². The second-order valence-corrected chi connectivity index (χ2v) is 12.0. The molecule has 0 saturated carbocycles. The maximum Gasteiger partial charge on any atom is 0.0629 e. The maximum absolute atomic E-state index is 8.91. The average Bonchev–Trinajstić information content (AvgIpc) is 3.18. The van der Waals surface area contributed by atoms with E-state index in [1.807, 2.05) is 36.4 Å². The molecule has 0 radical (unpaired) electrons. The van der Waals surface area contributed by atoms with E-state index in [0.29, 0.717) is 5.56 Å². The number of hydrogen-bond donors (Lipinski definition) is 0. The van der Waals surface area contributed by atoms with E-state index in [0.717, 1.165) is 49.0 Å². The van der Waals surface area contributed by atoms with E-state index in [1.54, 1.807) is 0 Å². The van der Waals surface area contributed by atoms with Gasteiger partial charge in [-0.05, 0) is 98.0 Å². The summed E-state index contributed by atoms with van der Waals surface area (Å²) in [4.78, 5) is 0. The Morgan fingerprint density at radius 2 is 0.783 bits per heavy atom. The normalized spacial score (nSPS) is 13.4. The molecule has 10 aromatic rings. The largest absolute Gasteiger partial charge is 0.0629 e. The maximum atomic E-state index is 8.91. The summed E-state index contributed by atoms with van der Waals surface area (Å²) in [6, 6.07) is 47.6. The molecule has 0 amide bonds. The molecule has 0 spiro atoms. The van der Waals surface area contributed by atoms with E-state index in [4.69, 9.17) is 6.85 Å². The van der Waals surface area contributed by atoms with Gasteiger partial charge in [0.25, 0.3) is 0 Å². The Kier molecular flexibility index (Phi) is 4.43. The van der Waals surface area contributed by atoms with Gasteiger partial charge in [0.15, 0.2) is 0 Å². The lowest BCUT2D eigenvalue weighted by Crippen LogP contribution is -1.92. The molecule has 0 aliphatic carbocycles. The Labute approximate surface area is 274 Å². The van der Waals surface area contributed by atoms with E-state index in [1.165, 1.54) is 37.9 Å². The van der Waals surface area contributed by atoms with Crippen LogP contribution in [-0.2, 0) is 0 Å². The van der Waals surface area contributed by atoms with Crippen molar-refractivity contribution in [2.75, 3.05) is 0 Å². The molecule has 0 aliphatic rings. The van der Waals surface area contributed by atoms with Crippen molar-refractivity contribution in [1.82, 2.24) is 0 Å². The van der Waals surface area contributed by atoms with Gasteiger partial charge in [-0.1, -0.05) is 170 Å². The van der Waals surface area contributed by atoms with Gasteiger partial charge in [-0.25, -0.2) is 0 Å². The predicted octanol–water partition coefficient (Wildman–Crippen LogP) is 13.0. The van der Waals surface area contributed by atoms with Gasteiger partial charge >= 0.3 is 0 Å². The van der Waals surface area contributed by atoms with Gasteiger partial charge < -0.3 is 0 Å². The first kappa shape index (κ1) is 20.9. The fraction of sp³-hybridized carbons (Fsp3) is 0.